The van der Waals surface area contributed by atoms with Gasteiger partial charge in [0, 0.05) is 29.7 Å². The molecule has 0 spiro atoms. The predicted molar refractivity (Wildman–Crippen MR) is 102 cm³/mol. The third kappa shape index (κ3) is 2.72. The first-order valence-electron chi connectivity index (χ1n) is 8.44. The maximum Gasteiger partial charge on any atom is 0.167 e. The maximum absolute atomic E-state index is 4.59. The number of hydrogen-bond donors (Lipinski definition) is 1. The van der Waals surface area contributed by atoms with Gasteiger partial charge in [0.2, 0.25) is 0 Å². The fraction of sp³-hybridized carbons (Fsp3) is 0.200. The maximum atomic E-state index is 4.59. The van der Waals surface area contributed by atoms with E-state index in [1.54, 1.807) is 0 Å². The smallest absolute Gasteiger partial charge is 0.167 e. The Bertz CT molecular complexity index is 955. The molecule has 1 N–H and O–H groups in total. The second-order valence-electron chi connectivity index (χ2n) is 6.33. The van der Waals surface area contributed by atoms with Crippen molar-refractivity contribution in [3.63, 3.8) is 0 Å². The van der Waals surface area contributed by atoms with Gasteiger partial charge in [0.1, 0.15) is 5.69 Å². The van der Waals surface area contributed by atoms with Gasteiger partial charge in [0.15, 0.2) is 5.82 Å². The SMILES string of the molecule is Cc1[nH]c2ccccc2c1N=NC1=C[C@H](C)N(C)N1c1ccccc1. The third-order valence-corrected chi connectivity index (χ3v) is 4.62. The topological polar surface area (TPSA) is 47.0 Å². The van der Waals surface area contributed by atoms with Crippen LogP contribution in [0, 0.1) is 6.92 Å². The summed E-state index contributed by atoms with van der Waals surface area (Å²) in [5, 5.41) is 14.5. The van der Waals surface area contributed by atoms with Gasteiger partial charge < -0.3 is 4.98 Å². The molecule has 126 valence electrons. The van der Waals surface area contributed by atoms with Gasteiger partial charge in [-0.1, -0.05) is 36.4 Å². The Kier molecular flexibility index (Phi) is 3.86. The number of para-hydroxylation sites is 2. The van der Waals surface area contributed by atoms with Gasteiger partial charge in [0.25, 0.3) is 0 Å². The second-order valence-corrected chi connectivity index (χ2v) is 6.33. The van der Waals surface area contributed by atoms with Crippen molar-refractivity contribution in [3.8, 4) is 0 Å². The molecule has 1 aliphatic rings. The number of benzene rings is 2. The monoisotopic (exact) mass is 331 g/mol. The second kappa shape index (κ2) is 6.18. The van der Waals surface area contributed by atoms with Crippen LogP contribution in [-0.4, -0.2) is 23.1 Å². The predicted octanol–water partition coefficient (Wildman–Crippen LogP) is 5.16. The summed E-state index contributed by atoms with van der Waals surface area (Å²) in [6.07, 6.45) is 2.13. The first-order chi connectivity index (χ1) is 12.1. The molecule has 0 radical (unpaired) electrons. The summed E-state index contributed by atoms with van der Waals surface area (Å²) in [7, 11) is 2.06. The van der Waals surface area contributed by atoms with Crippen molar-refractivity contribution in [2.45, 2.75) is 19.9 Å². The average molecular weight is 331 g/mol. The van der Waals surface area contributed by atoms with Crippen molar-refractivity contribution in [1.82, 2.24) is 9.99 Å². The van der Waals surface area contributed by atoms with Crippen molar-refractivity contribution in [3.05, 3.63) is 72.2 Å². The molecule has 4 rings (SSSR count). The number of aryl methyl sites for hydroxylation is 1. The molecule has 5 heteroatoms. The van der Waals surface area contributed by atoms with E-state index in [2.05, 4.69) is 69.5 Å². The molecule has 1 aliphatic heterocycles. The zero-order chi connectivity index (χ0) is 17.4. The van der Waals surface area contributed by atoms with Crippen molar-refractivity contribution in [2.75, 3.05) is 12.1 Å². The van der Waals surface area contributed by atoms with Crippen molar-refractivity contribution >= 4 is 22.3 Å². The summed E-state index contributed by atoms with van der Waals surface area (Å²) in [6, 6.07) is 18.7. The number of anilines is 1. The van der Waals surface area contributed by atoms with Gasteiger partial charge in [-0.25, -0.2) is 5.01 Å². The molecular formula is C20H21N5. The van der Waals surface area contributed by atoms with E-state index in [0.29, 0.717) is 0 Å². The molecule has 0 aliphatic carbocycles. The number of aromatic nitrogens is 1. The third-order valence-electron chi connectivity index (χ3n) is 4.62. The molecule has 0 unspecified atom stereocenters. The molecule has 1 atom stereocenters. The summed E-state index contributed by atoms with van der Waals surface area (Å²) in [5.41, 5.74) is 4.08. The molecule has 0 bridgehead atoms. The molecule has 0 fully saturated rings. The van der Waals surface area contributed by atoms with Crippen LogP contribution in [0.5, 0.6) is 0 Å². The van der Waals surface area contributed by atoms with Gasteiger partial charge >= 0.3 is 0 Å². The molecule has 2 aromatic carbocycles. The summed E-state index contributed by atoms with van der Waals surface area (Å²) in [6.45, 7) is 4.18. The van der Waals surface area contributed by atoms with E-state index in [4.69, 9.17) is 0 Å². The molecule has 5 nitrogen and oxygen atoms in total. The molecule has 0 saturated carbocycles. The average Bonchev–Trinajstić information content (AvgIpc) is 3.10. The number of nitrogens with one attached hydrogen (secondary N) is 1. The molecule has 2 heterocycles. The van der Waals surface area contributed by atoms with Crippen LogP contribution in [0.3, 0.4) is 0 Å². The minimum atomic E-state index is 0.262. The van der Waals surface area contributed by atoms with E-state index in [0.717, 1.165) is 33.8 Å². The number of aromatic amines is 1. The lowest BCUT2D eigenvalue weighted by Crippen LogP contribution is -2.37. The van der Waals surface area contributed by atoms with Crippen LogP contribution in [0.2, 0.25) is 0 Å². The van der Waals surface area contributed by atoms with Gasteiger partial charge in [0.05, 0.1) is 5.69 Å². The highest BCUT2D eigenvalue weighted by molar-refractivity contribution is 5.92. The van der Waals surface area contributed by atoms with Gasteiger partial charge in [-0.2, -0.15) is 0 Å². The van der Waals surface area contributed by atoms with E-state index in [9.17, 15) is 0 Å². The van der Waals surface area contributed by atoms with E-state index in [1.165, 1.54) is 0 Å². The number of nitrogens with zero attached hydrogens (tertiary/aromatic N) is 4. The lowest BCUT2D eigenvalue weighted by atomic mass is 10.2. The molecule has 0 saturated heterocycles. The molecule has 3 aromatic rings. The molecule has 1 aromatic heterocycles. The van der Waals surface area contributed by atoms with E-state index >= 15 is 0 Å². The fourth-order valence-corrected chi connectivity index (χ4v) is 3.19. The first-order valence-corrected chi connectivity index (χ1v) is 8.44. The van der Waals surface area contributed by atoms with E-state index in [-0.39, 0.29) is 6.04 Å². The Morgan fingerprint density at radius 2 is 1.68 bits per heavy atom. The van der Waals surface area contributed by atoms with Gasteiger partial charge in [-0.05, 0) is 38.1 Å². The molecular weight excluding hydrogens is 310 g/mol. The molecule has 0 amide bonds. The number of rotatable bonds is 3. The summed E-state index contributed by atoms with van der Waals surface area (Å²) >= 11 is 0. The number of fused-ring (bicyclic) bond motifs is 1. The minimum Gasteiger partial charge on any atom is -0.357 e. The van der Waals surface area contributed by atoms with Crippen LogP contribution in [0.4, 0.5) is 11.4 Å². The van der Waals surface area contributed by atoms with Gasteiger partial charge in [-0.15, -0.1) is 10.2 Å². The zero-order valence-electron chi connectivity index (χ0n) is 14.6. The first kappa shape index (κ1) is 15.6. The Morgan fingerprint density at radius 3 is 2.48 bits per heavy atom. The Hall–Kier alpha value is -2.92. The van der Waals surface area contributed by atoms with Crippen LogP contribution < -0.4 is 5.01 Å². The largest absolute Gasteiger partial charge is 0.357 e. The van der Waals surface area contributed by atoms with Crippen LogP contribution in [0.25, 0.3) is 10.9 Å². The lowest BCUT2D eigenvalue weighted by molar-refractivity contribution is 0.316. The highest BCUT2D eigenvalue weighted by Crippen LogP contribution is 2.33. The number of H-pyrrole nitrogens is 1. The summed E-state index contributed by atoms with van der Waals surface area (Å²) in [5.74, 6) is 0.839. The highest BCUT2D eigenvalue weighted by Gasteiger charge is 2.27. The van der Waals surface area contributed by atoms with Gasteiger partial charge in [-0.3, -0.25) is 5.01 Å². The quantitative estimate of drug-likeness (QED) is 0.674. The minimum absolute atomic E-state index is 0.262. The Balaban J connectivity index is 1.72. The highest BCUT2D eigenvalue weighted by atomic mass is 15.7. The van der Waals surface area contributed by atoms with Crippen LogP contribution in [0.1, 0.15) is 12.6 Å². The Morgan fingerprint density at radius 1 is 0.960 bits per heavy atom. The number of hydrazine groups is 1. The van der Waals surface area contributed by atoms with E-state index in [1.807, 2.05) is 37.3 Å². The standard InChI is InChI=1S/C20H21N5/c1-14-13-19(25(24(14)3)16-9-5-4-6-10-16)22-23-20-15(2)21-18-12-8-7-11-17(18)20/h4-14,21H,1-3H3/t14-/m0/s1. The van der Waals surface area contributed by atoms with Crippen molar-refractivity contribution in [2.24, 2.45) is 10.2 Å². The van der Waals surface area contributed by atoms with Crippen LogP contribution >= 0.6 is 0 Å². The number of likely N-dealkylation sites (N-methyl/N-ethyl adjacent to an activating group) is 1. The fourth-order valence-electron chi connectivity index (χ4n) is 3.19. The molecule has 25 heavy (non-hydrogen) atoms. The van der Waals surface area contributed by atoms with Crippen LogP contribution in [0.15, 0.2) is 76.7 Å². The summed E-state index contributed by atoms with van der Waals surface area (Å²) < 4.78 is 0. The number of azo groups is 1. The number of hydrogen-bond acceptors (Lipinski definition) is 4. The summed E-state index contributed by atoms with van der Waals surface area (Å²) in [4.78, 5) is 3.37. The normalized spacial score (nSPS) is 18.4. The van der Waals surface area contributed by atoms with Crippen molar-refractivity contribution < 1.29 is 0 Å². The van der Waals surface area contributed by atoms with Crippen molar-refractivity contribution in [1.29, 1.82) is 0 Å². The lowest BCUT2D eigenvalue weighted by Gasteiger charge is -2.29. The zero-order valence-corrected chi connectivity index (χ0v) is 14.6. The Labute approximate surface area is 147 Å². The van der Waals surface area contributed by atoms with E-state index < -0.39 is 0 Å². The van der Waals surface area contributed by atoms with Crippen LogP contribution in [-0.2, 0) is 0 Å².